The van der Waals surface area contributed by atoms with Gasteiger partial charge in [-0.05, 0) is 59.0 Å². The topological polar surface area (TPSA) is 72.1 Å². The van der Waals surface area contributed by atoms with Crippen LogP contribution in [0.2, 0.25) is 0 Å². The summed E-state index contributed by atoms with van der Waals surface area (Å²) < 4.78 is 15.7. The number of imidazole rings is 1. The normalized spacial score (nSPS) is 12.8. The van der Waals surface area contributed by atoms with E-state index in [1.165, 1.54) is 0 Å². The van der Waals surface area contributed by atoms with Crippen molar-refractivity contribution in [1.29, 1.82) is 0 Å². The number of fused-ring (bicyclic) bond motifs is 13. The fourth-order valence-corrected chi connectivity index (χ4v) is 8.88. The Morgan fingerprint density at radius 3 is 2.07 bits per heavy atom. The van der Waals surface area contributed by atoms with E-state index < -0.39 is 0 Å². The Morgan fingerprint density at radius 1 is 0.633 bits per heavy atom. The second-order valence-electron chi connectivity index (χ2n) is 16.3. The van der Waals surface area contributed by atoms with Gasteiger partial charge in [0, 0.05) is 43.7 Å². The first-order valence-corrected chi connectivity index (χ1v) is 19.8. The average molecular weight is 959 g/mol. The van der Waals surface area contributed by atoms with Gasteiger partial charge in [-0.3, -0.25) is 14.3 Å². The van der Waals surface area contributed by atoms with Gasteiger partial charge in [-0.25, -0.2) is 4.98 Å². The maximum atomic E-state index is 12.6. The molecule has 8 heteroatoms. The van der Waals surface area contributed by atoms with Gasteiger partial charge >= 0.3 is 0 Å². The molecule has 0 saturated heterocycles. The number of anilines is 3. The predicted molar refractivity (Wildman–Crippen MR) is 236 cm³/mol. The van der Waals surface area contributed by atoms with E-state index in [0.717, 1.165) is 77.8 Å². The first kappa shape index (κ1) is 36.2. The summed E-state index contributed by atoms with van der Waals surface area (Å²) in [5.41, 5.74) is 12.4. The van der Waals surface area contributed by atoms with Crippen LogP contribution in [0.15, 0.2) is 152 Å². The number of aromatic nitrogens is 3. The van der Waals surface area contributed by atoms with Gasteiger partial charge in [-0.2, -0.15) is 0 Å². The number of para-hydroxylation sites is 6. The van der Waals surface area contributed by atoms with E-state index in [1.807, 2.05) is 79.0 Å². The summed E-state index contributed by atoms with van der Waals surface area (Å²) in [5, 5.41) is 14.8. The molecule has 2 aliphatic rings. The molecule has 12 rings (SSSR count). The SMILES string of the molecule is CC(C)(C)c1cc(-c2cc(-c3ccccc3)ccn2)[c-]c(-c2cccc3c2nc2c4c(O)c5c6c(c4c4ccccc4n32)Oc2ccccc2N6c2ccccc2O5)c1.[Pt]. The molecule has 0 spiro atoms. The summed E-state index contributed by atoms with van der Waals surface area (Å²) in [5.74, 6) is 2.28. The Bertz CT molecular complexity index is 3400. The number of ether oxygens (including phenoxy) is 2. The molecule has 292 valence electrons. The van der Waals surface area contributed by atoms with Crippen LogP contribution >= 0.6 is 0 Å². The molecular weight excluding hydrogens is 924 g/mol. The third-order valence-electron chi connectivity index (χ3n) is 11.7. The van der Waals surface area contributed by atoms with Crippen LogP contribution in [-0.4, -0.2) is 19.5 Å². The van der Waals surface area contributed by atoms with E-state index >= 15 is 0 Å². The molecule has 0 aliphatic carbocycles. The number of aromatic hydroxyl groups is 1. The number of rotatable bonds is 3. The molecule has 10 aromatic rings. The number of phenols is 1. The summed E-state index contributed by atoms with van der Waals surface area (Å²) >= 11 is 0. The third kappa shape index (κ3) is 5.25. The van der Waals surface area contributed by atoms with Crippen LogP contribution in [0.3, 0.4) is 0 Å². The largest absolute Gasteiger partial charge is 0.504 e. The average Bonchev–Trinajstić information content (AvgIpc) is 3.67. The molecular formula is C52H35N4O3Pt-. The molecule has 1 N–H and O–H groups in total. The van der Waals surface area contributed by atoms with Crippen molar-refractivity contribution in [2.45, 2.75) is 26.2 Å². The third-order valence-corrected chi connectivity index (χ3v) is 11.7. The number of hydrogen-bond acceptors (Lipinski definition) is 6. The molecule has 0 unspecified atom stereocenters. The Hall–Kier alpha value is -6.95. The van der Waals surface area contributed by atoms with Crippen molar-refractivity contribution in [3.63, 3.8) is 0 Å². The van der Waals surface area contributed by atoms with Crippen molar-refractivity contribution in [2.75, 3.05) is 4.90 Å². The molecule has 0 amide bonds. The van der Waals surface area contributed by atoms with Crippen molar-refractivity contribution in [2.24, 2.45) is 0 Å². The number of nitrogens with zero attached hydrogens (tertiary/aromatic N) is 4. The zero-order chi connectivity index (χ0) is 39.6. The van der Waals surface area contributed by atoms with E-state index in [4.69, 9.17) is 19.4 Å². The van der Waals surface area contributed by atoms with Crippen LogP contribution in [0.5, 0.6) is 28.7 Å². The Morgan fingerprint density at radius 2 is 1.30 bits per heavy atom. The van der Waals surface area contributed by atoms with Gasteiger partial charge in [-0.15, -0.1) is 29.3 Å². The maximum absolute atomic E-state index is 12.6. The van der Waals surface area contributed by atoms with Crippen molar-refractivity contribution in [1.82, 2.24) is 14.4 Å². The molecule has 0 bridgehead atoms. The summed E-state index contributed by atoms with van der Waals surface area (Å²) in [7, 11) is 0. The molecule has 7 aromatic carbocycles. The van der Waals surface area contributed by atoms with E-state index in [1.54, 1.807) is 0 Å². The van der Waals surface area contributed by atoms with Gasteiger partial charge in [0.25, 0.3) is 0 Å². The van der Waals surface area contributed by atoms with Crippen LogP contribution in [0.1, 0.15) is 26.3 Å². The second-order valence-corrected chi connectivity index (χ2v) is 16.3. The quantitative estimate of drug-likeness (QED) is 0.141. The number of phenolic OH excluding ortho intramolecular Hbond substituents is 1. The monoisotopic (exact) mass is 958 g/mol. The molecule has 2 aliphatic heterocycles. The van der Waals surface area contributed by atoms with E-state index in [2.05, 4.69) is 109 Å². The first-order chi connectivity index (χ1) is 28.8. The van der Waals surface area contributed by atoms with Crippen LogP contribution in [0, 0.1) is 6.07 Å². The van der Waals surface area contributed by atoms with Gasteiger partial charge < -0.3 is 14.6 Å². The summed E-state index contributed by atoms with van der Waals surface area (Å²) in [4.78, 5) is 12.5. The minimum atomic E-state index is -0.160. The van der Waals surface area contributed by atoms with E-state index in [-0.39, 0.29) is 32.2 Å². The molecule has 5 heterocycles. The van der Waals surface area contributed by atoms with Crippen LogP contribution in [0.4, 0.5) is 17.1 Å². The van der Waals surface area contributed by atoms with Crippen LogP contribution in [-0.2, 0) is 26.5 Å². The second kappa shape index (κ2) is 13.3. The van der Waals surface area contributed by atoms with E-state index in [9.17, 15) is 5.11 Å². The van der Waals surface area contributed by atoms with Crippen LogP contribution in [0.25, 0.3) is 71.9 Å². The Labute approximate surface area is 360 Å². The minimum absolute atomic E-state index is 0. The summed E-state index contributed by atoms with van der Waals surface area (Å²) in [6.45, 7) is 6.68. The van der Waals surface area contributed by atoms with Crippen molar-refractivity contribution >= 4 is 55.4 Å². The van der Waals surface area contributed by atoms with Crippen LogP contribution < -0.4 is 14.4 Å². The zero-order valence-corrected chi connectivity index (χ0v) is 35.1. The molecule has 0 fully saturated rings. The number of benzene rings is 7. The smallest absolute Gasteiger partial charge is 0.197 e. The molecule has 0 radical (unpaired) electrons. The maximum Gasteiger partial charge on any atom is 0.197 e. The standard InChI is InChI=1S/C52H35N4O3.Pt/c1-52(2,3)34-27-32(26-33(28-34)37-29-31(24-25-53-37)30-14-5-4-6-15-30)35-17-13-21-41-46(35)54-51-45-44(36-16-7-8-18-38(36)56(41)51)49-47-50(48(45)57)59-43-23-12-10-20-40(43)55(47)39-19-9-11-22-42(39)58-49;/h4-25,27-29,57H,1-3H3;/q-1;. The fraction of sp³-hybridized carbons (Fsp3) is 0.0769. The zero-order valence-electron chi connectivity index (χ0n) is 32.8. The van der Waals surface area contributed by atoms with Gasteiger partial charge in [0.2, 0.25) is 0 Å². The predicted octanol–water partition coefficient (Wildman–Crippen LogP) is 13.7. The Kier molecular flexibility index (Phi) is 8.00. The summed E-state index contributed by atoms with van der Waals surface area (Å²) in [6, 6.07) is 53.2. The molecule has 3 aromatic heterocycles. The van der Waals surface area contributed by atoms with Gasteiger partial charge in [-0.1, -0.05) is 123 Å². The number of hydrogen-bond donors (Lipinski definition) is 1. The Balaban J connectivity index is 0.00000408. The molecule has 60 heavy (non-hydrogen) atoms. The fourth-order valence-electron chi connectivity index (χ4n) is 8.88. The van der Waals surface area contributed by atoms with Crippen molar-refractivity contribution in [3.05, 3.63) is 163 Å². The van der Waals surface area contributed by atoms with Crippen molar-refractivity contribution < 1.29 is 35.6 Å². The summed E-state index contributed by atoms with van der Waals surface area (Å²) in [6.07, 6.45) is 1.87. The molecule has 0 atom stereocenters. The molecule has 0 saturated carbocycles. The van der Waals surface area contributed by atoms with Gasteiger partial charge in [0.1, 0.15) is 11.3 Å². The van der Waals surface area contributed by atoms with Gasteiger partial charge in [0.15, 0.2) is 28.7 Å². The van der Waals surface area contributed by atoms with E-state index in [0.29, 0.717) is 39.7 Å². The molecule has 7 nitrogen and oxygen atoms in total. The van der Waals surface area contributed by atoms with Gasteiger partial charge in [0.05, 0.1) is 33.3 Å². The first-order valence-electron chi connectivity index (χ1n) is 19.8. The number of pyridine rings is 2. The van der Waals surface area contributed by atoms with Crippen molar-refractivity contribution in [3.8, 4) is 62.3 Å². The minimum Gasteiger partial charge on any atom is -0.504 e.